The second-order valence-electron chi connectivity index (χ2n) is 5.01. The number of carbonyl (C=O) groups is 1. The van der Waals surface area contributed by atoms with Crippen molar-refractivity contribution in [3.63, 3.8) is 0 Å². The summed E-state index contributed by atoms with van der Waals surface area (Å²) in [5.41, 5.74) is 1.00. The Kier molecular flexibility index (Phi) is 4.34. The molecule has 2 aromatic rings. The lowest BCUT2D eigenvalue weighted by Gasteiger charge is -2.27. The number of nitrogens with zero attached hydrogens (tertiary/aromatic N) is 3. The second-order valence-corrected chi connectivity index (χ2v) is 5.01. The average molecular weight is 303 g/mol. The quantitative estimate of drug-likeness (QED) is 0.793. The van der Waals surface area contributed by atoms with Crippen molar-refractivity contribution in [3.05, 3.63) is 41.4 Å². The zero-order chi connectivity index (χ0) is 15.4. The van der Waals surface area contributed by atoms with Crippen molar-refractivity contribution >= 4 is 11.8 Å². The van der Waals surface area contributed by atoms with Crippen LogP contribution >= 0.6 is 0 Å². The summed E-state index contributed by atoms with van der Waals surface area (Å²) in [6, 6.07) is 5.27. The zero-order valence-electron chi connectivity index (χ0n) is 12.3. The van der Waals surface area contributed by atoms with Gasteiger partial charge in [-0.1, -0.05) is 5.16 Å². The Morgan fingerprint density at radius 2 is 2.18 bits per heavy atom. The summed E-state index contributed by atoms with van der Waals surface area (Å²) in [7, 11) is 0. The van der Waals surface area contributed by atoms with Crippen molar-refractivity contribution in [2.24, 2.45) is 0 Å². The lowest BCUT2D eigenvalue weighted by molar-refractivity contribution is 0.0463. The van der Waals surface area contributed by atoms with Crippen LogP contribution in [0.5, 0.6) is 0 Å². The smallest absolute Gasteiger partial charge is 0.340 e. The van der Waals surface area contributed by atoms with Crippen molar-refractivity contribution in [1.82, 2.24) is 10.1 Å². The second kappa shape index (κ2) is 6.57. The van der Waals surface area contributed by atoms with Crippen LogP contribution in [0.3, 0.4) is 0 Å². The van der Waals surface area contributed by atoms with Crippen LogP contribution in [0.25, 0.3) is 0 Å². The van der Waals surface area contributed by atoms with Crippen LogP contribution in [0.15, 0.2) is 28.9 Å². The molecule has 0 N–H and O–H groups in total. The Bertz CT molecular complexity index is 632. The van der Waals surface area contributed by atoms with Gasteiger partial charge in [-0.2, -0.15) is 0 Å². The molecule has 1 fully saturated rings. The summed E-state index contributed by atoms with van der Waals surface area (Å²) < 4.78 is 15.4. The van der Waals surface area contributed by atoms with Crippen LogP contribution in [-0.2, 0) is 16.1 Å². The topological polar surface area (TPSA) is 77.7 Å². The van der Waals surface area contributed by atoms with Gasteiger partial charge in [0.05, 0.1) is 18.8 Å². The first kappa shape index (κ1) is 14.5. The molecule has 7 nitrogen and oxygen atoms in total. The third kappa shape index (κ3) is 3.43. The van der Waals surface area contributed by atoms with Crippen LogP contribution in [-0.4, -0.2) is 42.4 Å². The highest BCUT2D eigenvalue weighted by Crippen LogP contribution is 2.14. The third-order valence-electron chi connectivity index (χ3n) is 3.35. The summed E-state index contributed by atoms with van der Waals surface area (Å²) in [5.74, 6) is 1.09. The van der Waals surface area contributed by atoms with Gasteiger partial charge in [-0.25, -0.2) is 9.78 Å². The molecule has 3 heterocycles. The molecule has 0 aliphatic carbocycles. The highest BCUT2D eigenvalue weighted by molar-refractivity contribution is 5.89. The van der Waals surface area contributed by atoms with E-state index < -0.39 is 5.97 Å². The normalized spacial score (nSPS) is 14.9. The predicted octanol–water partition coefficient (Wildman–Crippen LogP) is 1.57. The number of morpholine rings is 1. The first-order valence-corrected chi connectivity index (χ1v) is 7.10. The first-order chi connectivity index (χ1) is 10.7. The van der Waals surface area contributed by atoms with Crippen LogP contribution < -0.4 is 4.90 Å². The summed E-state index contributed by atoms with van der Waals surface area (Å²) in [6.45, 7) is 4.88. The number of rotatable bonds is 4. The fraction of sp³-hybridized carbons (Fsp3) is 0.400. The van der Waals surface area contributed by atoms with Crippen LogP contribution in [0, 0.1) is 6.92 Å². The number of hydrogen-bond donors (Lipinski definition) is 0. The van der Waals surface area contributed by atoms with Crippen molar-refractivity contribution < 1.29 is 18.8 Å². The zero-order valence-corrected chi connectivity index (χ0v) is 12.3. The van der Waals surface area contributed by atoms with Gasteiger partial charge in [0.1, 0.15) is 23.9 Å². The first-order valence-electron chi connectivity index (χ1n) is 7.10. The van der Waals surface area contributed by atoms with Crippen molar-refractivity contribution in [3.8, 4) is 0 Å². The van der Waals surface area contributed by atoms with E-state index in [1.54, 1.807) is 19.1 Å². The van der Waals surface area contributed by atoms with Gasteiger partial charge in [-0.05, 0) is 19.1 Å². The largest absolute Gasteiger partial charge is 0.455 e. The van der Waals surface area contributed by atoms with E-state index in [1.165, 1.54) is 6.20 Å². The van der Waals surface area contributed by atoms with Crippen LogP contribution in [0.1, 0.15) is 21.8 Å². The van der Waals surface area contributed by atoms with Gasteiger partial charge in [0.25, 0.3) is 0 Å². The van der Waals surface area contributed by atoms with Gasteiger partial charge >= 0.3 is 5.97 Å². The molecule has 0 spiro atoms. The number of pyridine rings is 1. The SMILES string of the molecule is Cc1cc(COC(=O)c2ccc(N3CCOCC3)nc2)no1. The number of ether oxygens (including phenoxy) is 2. The molecule has 0 amide bonds. The molecule has 116 valence electrons. The predicted molar refractivity (Wildman–Crippen MR) is 77.6 cm³/mol. The molecule has 0 saturated carbocycles. The summed E-state index contributed by atoms with van der Waals surface area (Å²) in [6.07, 6.45) is 1.53. The van der Waals surface area contributed by atoms with Crippen molar-refractivity contribution in [2.45, 2.75) is 13.5 Å². The molecule has 1 aliphatic heterocycles. The van der Waals surface area contributed by atoms with Gasteiger partial charge < -0.3 is 18.9 Å². The molecule has 0 unspecified atom stereocenters. The minimum absolute atomic E-state index is 0.0847. The Hall–Kier alpha value is -2.41. The van der Waals surface area contributed by atoms with E-state index in [0.717, 1.165) is 18.9 Å². The molecular formula is C15H17N3O4. The van der Waals surface area contributed by atoms with Gasteiger partial charge in [-0.15, -0.1) is 0 Å². The average Bonchev–Trinajstić information content (AvgIpc) is 2.99. The number of esters is 1. The molecule has 3 rings (SSSR count). The molecule has 0 bridgehead atoms. The Balaban J connectivity index is 1.58. The number of aryl methyl sites for hydroxylation is 1. The van der Waals surface area contributed by atoms with Gasteiger partial charge in [0.2, 0.25) is 0 Å². The van der Waals surface area contributed by atoms with Crippen LogP contribution in [0.4, 0.5) is 5.82 Å². The monoisotopic (exact) mass is 303 g/mol. The molecule has 22 heavy (non-hydrogen) atoms. The van der Waals surface area contributed by atoms with Gasteiger partial charge in [-0.3, -0.25) is 0 Å². The van der Waals surface area contributed by atoms with E-state index in [-0.39, 0.29) is 6.61 Å². The van der Waals surface area contributed by atoms with E-state index in [9.17, 15) is 4.79 Å². The lowest BCUT2D eigenvalue weighted by atomic mass is 10.2. The molecule has 1 saturated heterocycles. The molecule has 7 heteroatoms. The fourth-order valence-electron chi connectivity index (χ4n) is 2.20. The standard InChI is InChI=1S/C15H17N3O4/c1-11-8-13(17-22-11)10-21-15(19)12-2-3-14(16-9-12)18-4-6-20-7-5-18/h2-3,8-9H,4-7,10H2,1H3. The lowest BCUT2D eigenvalue weighted by Crippen LogP contribution is -2.36. The minimum Gasteiger partial charge on any atom is -0.455 e. The highest BCUT2D eigenvalue weighted by atomic mass is 16.5. The third-order valence-corrected chi connectivity index (χ3v) is 3.35. The van der Waals surface area contributed by atoms with E-state index in [1.807, 2.05) is 6.07 Å². The van der Waals surface area contributed by atoms with Crippen molar-refractivity contribution in [2.75, 3.05) is 31.2 Å². The molecule has 1 aliphatic rings. The van der Waals surface area contributed by atoms with Crippen molar-refractivity contribution in [1.29, 1.82) is 0 Å². The Labute approximate surface area is 127 Å². The van der Waals surface area contributed by atoms with Crippen LogP contribution in [0.2, 0.25) is 0 Å². The Morgan fingerprint density at radius 1 is 1.36 bits per heavy atom. The van der Waals surface area contributed by atoms with E-state index in [2.05, 4.69) is 15.0 Å². The highest BCUT2D eigenvalue weighted by Gasteiger charge is 2.14. The maximum Gasteiger partial charge on any atom is 0.340 e. The molecular weight excluding hydrogens is 286 g/mol. The molecule has 0 aromatic carbocycles. The maximum atomic E-state index is 12.0. The van der Waals surface area contributed by atoms with Gasteiger partial charge in [0.15, 0.2) is 0 Å². The number of hydrogen-bond acceptors (Lipinski definition) is 7. The summed E-state index contributed by atoms with van der Waals surface area (Å²) in [4.78, 5) is 18.4. The molecule has 2 aromatic heterocycles. The van der Waals surface area contributed by atoms with Gasteiger partial charge in [0, 0.05) is 25.4 Å². The van der Waals surface area contributed by atoms with E-state index in [0.29, 0.717) is 30.2 Å². The Morgan fingerprint density at radius 3 is 2.82 bits per heavy atom. The van der Waals surface area contributed by atoms with E-state index >= 15 is 0 Å². The summed E-state index contributed by atoms with van der Waals surface area (Å²) >= 11 is 0. The number of anilines is 1. The number of aromatic nitrogens is 2. The molecule has 0 radical (unpaired) electrons. The number of carbonyl (C=O) groups excluding carboxylic acids is 1. The van der Waals surface area contributed by atoms with E-state index in [4.69, 9.17) is 14.0 Å². The fourth-order valence-corrected chi connectivity index (χ4v) is 2.20. The minimum atomic E-state index is -0.429. The molecule has 0 atom stereocenters. The maximum absolute atomic E-state index is 12.0. The summed E-state index contributed by atoms with van der Waals surface area (Å²) in [5, 5.41) is 3.77.